The number of carbonyl (C=O) groups is 2. The summed E-state index contributed by atoms with van der Waals surface area (Å²) in [5, 5.41) is 3.81. The van der Waals surface area contributed by atoms with Gasteiger partial charge in [-0.2, -0.15) is 0 Å². The minimum atomic E-state index is -0.219. The largest absolute Gasteiger partial charge is 0.350 e. The van der Waals surface area contributed by atoms with Gasteiger partial charge in [-0.3, -0.25) is 14.4 Å². The average Bonchev–Trinajstić information content (AvgIpc) is 2.76. The van der Waals surface area contributed by atoms with Crippen LogP contribution >= 0.6 is 0 Å². The average molecular weight is 448 g/mol. The fourth-order valence-electron chi connectivity index (χ4n) is 4.11. The van der Waals surface area contributed by atoms with Gasteiger partial charge in [0.25, 0.3) is 17.4 Å². The lowest BCUT2D eigenvalue weighted by Crippen LogP contribution is -2.33. The predicted molar refractivity (Wildman–Crippen MR) is 134 cm³/mol. The molecule has 0 aliphatic heterocycles. The first-order valence-electron chi connectivity index (χ1n) is 11.4. The van der Waals surface area contributed by atoms with Gasteiger partial charge in [-0.1, -0.05) is 25.5 Å². The molecule has 0 spiro atoms. The molecule has 174 valence electrons. The molecular formula is C27H33N3O3. The molecule has 0 fully saturated rings. The molecule has 2 aromatic carbocycles. The third-order valence-corrected chi connectivity index (χ3v) is 5.81. The maximum absolute atomic E-state index is 13.5. The van der Waals surface area contributed by atoms with Crippen molar-refractivity contribution in [1.29, 1.82) is 0 Å². The van der Waals surface area contributed by atoms with Gasteiger partial charge < -0.3 is 14.8 Å². The van der Waals surface area contributed by atoms with Crippen molar-refractivity contribution >= 4 is 28.4 Å². The number of aryl methyl sites for hydroxylation is 2. The summed E-state index contributed by atoms with van der Waals surface area (Å²) in [7, 11) is 1.68. The normalized spacial score (nSPS) is 11.3. The smallest absolute Gasteiger partial charge is 0.258 e. The van der Waals surface area contributed by atoms with Crippen molar-refractivity contribution < 1.29 is 9.59 Å². The lowest BCUT2D eigenvalue weighted by Gasteiger charge is -2.22. The molecular weight excluding hydrogens is 414 g/mol. The summed E-state index contributed by atoms with van der Waals surface area (Å²) in [5.41, 5.74) is 4.16. The molecule has 0 atom stereocenters. The topological polar surface area (TPSA) is 71.4 Å². The maximum atomic E-state index is 13.5. The Kier molecular flexibility index (Phi) is 7.06. The molecule has 0 saturated heterocycles. The molecule has 2 amide bonds. The summed E-state index contributed by atoms with van der Waals surface area (Å²) < 4.78 is 1.72. The second-order valence-electron chi connectivity index (χ2n) is 9.08. The molecule has 6 nitrogen and oxygen atoms in total. The van der Waals surface area contributed by atoms with Gasteiger partial charge in [0.15, 0.2) is 0 Å². The summed E-state index contributed by atoms with van der Waals surface area (Å²) in [4.78, 5) is 40.4. The number of hydrogen-bond donors (Lipinski definition) is 1. The van der Waals surface area contributed by atoms with E-state index < -0.39 is 0 Å². The van der Waals surface area contributed by atoms with Crippen molar-refractivity contribution in [2.45, 2.75) is 60.0 Å². The number of hydrogen-bond acceptors (Lipinski definition) is 3. The molecule has 0 radical (unpaired) electrons. The molecule has 33 heavy (non-hydrogen) atoms. The third kappa shape index (κ3) is 4.85. The highest BCUT2D eigenvalue weighted by Crippen LogP contribution is 2.27. The van der Waals surface area contributed by atoms with Crippen LogP contribution in [0.3, 0.4) is 0 Å². The summed E-state index contributed by atoms with van der Waals surface area (Å²) in [6.45, 7) is 12.3. The monoisotopic (exact) mass is 447 g/mol. The van der Waals surface area contributed by atoms with Gasteiger partial charge >= 0.3 is 0 Å². The molecule has 0 unspecified atom stereocenters. The van der Waals surface area contributed by atoms with E-state index in [4.69, 9.17) is 0 Å². The van der Waals surface area contributed by atoms with Crippen LogP contribution in [-0.2, 0) is 6.54 Å². The number of rotatable bonds is 6. The van der Waals surface area contributed by atoms with E-state index in [0.717, 1.165) is 22.0 Å². The zero-order valence-corrected chi connectivity index (χ0v) is 20.5. The number of carbonyl (C=O) groups excluding carboxylic acids is 2. The molecule has 3 rings (SSSR count). The lowest BCUT2D eigenvalue weighted by atomic mass is 9.97. The molecule has 3 aromatic rings. The summed E-state index contributed by atoms with van der Waals surface area (Å²) >= 11 is 0. The van der Waals surface area contributed by atoms with Gasteiger partial charge in [0.2, 0.25) is 0 Å². The first-order chi connectivity index (χ1) is 15.5. The molecule has 1 heterocycles. The highest BCUT2D eigenvalue weighted by atomic mass is 16.2. The quantitative estimate of drug-likeness (QED) is 0.586. The highest BCUT2D eigenvalue weighted by Gasteiger charge is 2.22. The van der Waals surface area contributed by atoms with Gasteiger partial charge in [0.1, 0.15) is 0 Å². The number of nitrogens with one attached hydrogen (secondary N) is 1. The van der Waals surface area contributed by atoms with Crippen LogP contribution in [-0.4, -0.2) is 29.5 Å². The van der Waals surface area contributed by atoms with Gasteiger partial charge in [0.05, 0.1) is 16.8 Å². The van der Waals surface area contributed by atoms with Crippen LogP contribution in [0.1, 0.15) is 72.4 Å². The fourth-order valence-corrected chi connectivity index (χ4v) is 4.11. The number of anilines is 1. The van der Waals surface area contributed by atoms with E-state index in [1.54, 1.807) is 35.9 Å². The predicted octanol–water partition coefficient (Wildman–Crippen LogP) is 4.87. The Balaban J connectivity index is 2.10. The number of aromatic nitrogens is 1. The van der Waals surface area contributed by atoms with E-state index in [9.17, 15) is 14.4 Å². The SMILES string of the molecule is CCn1c(=O)cc(C(C)C)c2cc(C(=O)N(C)c3ccc(C)cc3C(=O)NC(C)C)ccc21. The van der Waals surface area contributed by atoms with Crippen molar-refractivity contribution in [3.05, 3.63) is 75.1 Å². The maximum Gasteiger partial charge on any atom is 0.258 e. The van der Waals surface area contributed by atoms with E-state index in [0.29, 0.717) is 23.4 Å². The zero-order valence-electron chi connectivity index (χ0n) is 20.5. The number of fused-ring (bicyclic) bond motifs is 1. The zero-order chi connectivity index (χ0) is 24.4. The molecule has 6 heteroatoms. The first-order valence-corrected chi connectivity index (χ1v) is 11.4. The molecule has 0 saturated carbocycles. The minimum absolute atomic E-state index is 0.0158. The Labute approximate surface area is 195 Å². The molecule has 1 aromatic heterocycles. The van der Waals surface area contributed by atoms with Crippen LogP contribution in [0.5, 0.6) is 0 Å². The van der Waals surface area contributed by atoms with Gasteiger partial charge in [-0.25, -0.2) is 0 Å². The summed E-state index contributed by atoms with van der Waals surface area (Å²) in [5.74, 6) is -0.294. The first kappa shape index (κ1) is 24.2. The van der Waals surface area contributed by atoms with Crippen LogP contribution in [0.15, 0.2) is 47.3 Å². The lowest BCUT2D eigenvalue weighted by molar-refractivity contribution is 0.0943. The van der Waals surface area contributed by atoms with Gasteiger partial charge in [0, 0.05) is 36.7 Å². The van der Waals surface area contributed by atoms with Crippen molar-refractivity contribution in [2.24, 2.45) is 0 Å². The van der Waals surface area contributed by atoms with Crippen molar-refractivity contribution in [2.75, 3.05) is 11.9 Å². The second kappa shape index (κ2) is 9.61. The summed E-state index contributed by atoms with van der Waals surface area (Å²) in [6.07, 6.45) is 0. The Morgan fingerprint density at radius 3 is 2.33 bits per heavy atom. The van der Waals surface area contributed by atoms with Crippen molar-refractivity contribution in [1.82, 2.24) is 9.88 Å². The van der Waals surface area contributed by atoms with E-state index >= 15 is 0 Å². The van der Waals surface area contributed by atoms with E-state index in [1.807, 2.05) is 59.7 Å². The number of pyridine rings is 1. The Morgan fingerprint density at radius 1 is 1.03 bits per heavy atom. The molecule has 1 N–H and O–H groups in total. The highest BCUT2D eigenvalue weighted by molar-refractivity contribution is 6.11. The van der Waals surface area contributed by atoms with Crippen LogP contribution < -0.4 is 15.8 Å². The number of amides is 2. The molecule has 0 aliphatic carbocycles. The third-order valence-electron chi connectivity index (χ3n) is 5.81. The standard InChI is InChI=1S/C27H33N3O3/c1-8-30-24-12-10-19(14-21(24)20(16(2)3)15-25(30)31)27(33)29(7)23-11-9-18(6)13-22(23)26(32)28-17(4)5/h9-17H,8H2,1-7H3,(H,28,32). The number of nitrogens with zero attached hydrogens (tertiary/aromatic N) is 2. The Hall–Kier alpha value is -3.41. The second-order valence-corrected chi connectivity index (χ2v) is 9.08. The number of benzene rings is 2. The molecule has 0 aliphatic rings. The van der Waals surface area contributed by atoms with E-state index in [-0.39, 0.29) is 29.3 Å². The van der Waals surface area contributed by atoms with Crippen molar-refractivity contribution in [3.8, 4) is 0 Å². The Morgan fingerprint density at radius 2 is 1.73 bits per heavy atom. The summed E-state index contributed by atoms with van der Waals surface area (Å²) in [6, 6.07) is 12.6. The van der Waals surface area contributed by atoms with Crippen LogP contribution in [0.4, 0.5) is 5.69 Å². The van der Waals surface area contributed by atoms with Crippen molar-refractivity contribution in [3.63, 3.8) is 0 Å². The van der Waals surface area contributed by atoms with Crippen LogP contribution in [0.25, 0.3) is 10.9 Å². The fraction of sp³-hybridized carbons (Fsp3) is 0.370. The molecule has 0 bridgehead atoms. The van der Waals surface area contributed by atoms with Gasteiger partial charge in [-0.05, 0) is 69.5 Å². The Bertz CT molecular complexity index is 1270. The van der Waals surface area contributed by atoms with E-state index in [2.05, 4.69) is 5.32 Å². The van der Waals surface area contributed by atoms with Crippen LogP contribution in [0, 0.1) is 6.92 Å². The van der Waals surface area contributed by atoms with E-state index in [1.165, 1.54) is 4.90 Å². The van der Waals surface area contributed by atoms with Crippen LogP contribution in [0.2, 0.25) is 0 Å². The van der Waals surface area contributed by atoms with Gasteiger partial charge in [-0.15, -0.1) is 0 Å². The minimum Gasteiger partial charge on any atom is -0.350 e.